The number of aryl methyl sites for hydroxylation is 4. The van der Waals surface area contributed by atoms with Crippen molar-refractivity contribution in [1.29, 1.82) is 0 Å². The van der Waals surface area contributed by atoms with Crippen molar-refractivity contribution in [3.05, 3.63) is 94.6 Å². The fraction of sp³-hybridized carbons (Fsp3) is 0.373. The minimum absolute atomic E-state index is 0.104. The van der Waals surface area contributed by atoms with Crippen LogP contribution in [0.4, 0.5) is 11.9 Å². The quantitative estimate of drug-likeness (QED) is 0.0218. The van der Waals surface area contributed by atoms with Gasteiger partial charge < -0.3 is 50.7 Å². The third kappa shape index (κ3) is 14.2. The van der Waals surface area contributed by atoms with Crippen molar-refractivity contribution in [2.24, 2.45) is 11.5 Å². The van der Waals surface area contributed by atoms with Gasteiger partial charge in [0.15, 0.2) is 6.29 Å². The molecule has 1 atom stereocenters. The Labute approximate surface area is 443 Å². The van der Waals surface area contributed by atoms with Gasteiger partial charge in [-0.15, -0.1) is 0 Å². The number of nitrogens with one attached hydrogen (secondary N) is 3. The minimum Gasteiger partial charge on any atom is -0.494 e. The lowest BCUT2D eigenvalue weighted by atomic mass is 10.1. The third-order valence-corrected chi connectivity index (χ3v) is 11.8. The molecule has 0 spiro atoms. The summed E-state index contributed by atoms with van der Waals surface area (Å²) in [6, 6.07) is 8.46. The molecule has 77 heavy (non-hydrogen) atoms. The number of rotatable bonds is 24. The van der Waals surface area contributed by atoms with E-state index in [0.717, 1.165) is 35.6 Å². The van der Waals surface area contributed by atoms with Crippen molar-refractivity contribution < 1.29 is 52.9 Å². The Balaban J connectivity index is 0.000000809. The number of carbonyl (C=O) groups excluding carboxylic acids is 8. The highest BCUT2D eigenvalue weighted by molar-refractivity contribution is 6.13. The fourth-order valence-electron chi connectivity index (χ4n) is 8.18. The highest BCUT2D eigenvalue weighted by Crippen LogP contribution is 2.33. The largest absolute Gasteiger partial charge is 0.494 e. The second-order valence-corrected chi connectivity index (χ2v) is 17.0. The lowest BCUT2D eigenvalue weighted by molar-refractivity contribution is -0.139. The number of fused-ring (bicyclic) bond motifs is 2. The fourth-order valence-corrected chi connectivity index (χ4v) is 8.18. The number of imidazole rings is 2. The highest BCUT2D eigenvalue weighted by atomic mass is 16.5. The smallest absolute Gasteiger partial charge is 0.276 e. The number of anilines is 2. The lowest BCUT2D eigenvalue weighted by Crippen LogP contribution is -2.50. The highest BCUT2D eigenvalue weighted by Gasteiger charge is 2.27. The molecule has 0 fully saturated rings. The van der Waals surface area contributed by atoms with E-state index in [0.29, 0.717) is 81.4 Å². The number of ether oxygens (including phenoxy) is 2. The first kappa shape index (κ1) is 58.8. The summed E-state index contributed by atoms with van der Waals surface area (Å²) in [5.74, 6) is -2.03. The van der Waals surface area contributed by atoms with Gasteiger partial charge in [0.1, 0.15) is 46.2 Å². The molecule has 0 aliphatic carbocycles. The van der Waals surface area contributed by atoms with E-state index >= 15 is 0 Å². The van der Waals surface area contributed by atoms with Crippen molar-refractivity contribution >= 4 is 82.0 Å². The Kier molecular flexibility index (Phi) is 21.0. The Morgan fingerprint density at radius 2 is 1.44 bits per heavy atom. The van der Waals surface area contributed by atoms with Crippen LogP contribution >= 0.6 is 0 Å². The van der Waals surface area contributed by atoms with Crippen LogP contribution in [0.25, 0.3) is 22.1 Å². The first-order valence-corrected chi connectivity index (χ1v) is 24.4. The van der Waals surface area contributed by atoms with Crippen molar-refractivity contribution in [1.82, 2.24) is 53.8 Å². The Hall–Kier alpha value is -9.04. The number of aliphatic hydroxyl groups is 1. The van der Waals surface area contributed by atoms with Crippen molar-refractivity contribution in [3.63, 3.8) is 0 Å². The van der Waals surface area contributed by atoms with Gasteiger partial charge in [0.2, 0.25) is 29.6 Å². The molecular formula is C51H65N15O11. The molecule has 0 radical (unpaired) electrons. The van der Waals surface area contributed by atoms with Gasteiger partial charge in [0.25, 0.3) is 17.7 Å². The number of nitrogens with two attached hydrogens (primary N) is 2. The molecule has 8 N–H and O–H groups in total. The normalized spacial score (nSPS) is 12.3. The third-order valence-electron chi connectivity index (χ3n) is 11.8. The minimum atomic E-state index is -1.25. The summed E-state index contributed by atoms with van der Waals surface area (Å²) >= 11 is 0. The number of aromatic nitrogens is 8. The first-order chi connectivity index (χ1) is 37.0. The summed E-state index contributed by atoms with van der Waals surface area (Å²) in [6.45, 7) is 8.61. The number of benzene rings is 2. The van der Waals surface area contributed by atoms with Crippen molar-refractivity contribution in [2.45, 2.75) is 72.8 Å². The van der Waals surface area contributed by atoms with E-state index in [2.05, 4.69) is 41.8 Å². The van der Waals surface area contributed by atoms with E-state index in [1.165, 1.54) is 38.2 Å². The van der Waals surface area contributed by atoms with Crippen LogP contribution in [-0.4, -0.2) is 162 Å². The maximum atomic E-state index is 13.6. The van der Waals surface area contributed by atoms with Gasteiger partial charge in [0.05, 0.1) is 42.7 Å². The molecule has 4 aromatic heterocycles. The number of methoxy groups -OCH3 is 1. The molecular weight excluding hydrogens is 999 g/mol. The number of likely N-dealkylation sites (N-methyl/N-ethyl adjacent to an activating group) is 1. The molecule has 1 unspecified atom stereocenters. The van der Waals surface area contributed by atoms with E-state index in [1.807, 2.05) is 37.5 Å². The average molecular weight is 1060 g/mol. The monoisotopic (exact) mass is 1060 g/mol. The zero-order valence-electron chi connectivity index (χ0n) is 44.2. The maximum absolute atomic E-state index is 13.6. The molecule has 410 valence electrons. The van der Waals surface area contributed by atoms with Crippen LogP contribution in [0.2, 0.25) is 0 Å². The van der Waals surface area contributed by atoms with Gasteiger partial charge in [-0.05, 0) is 77.6 Å². The maximum Gasteiger partial charge on any atom is 0.276 e. The number of aldehydes is 2. The van der Waals surface area contributed by atoms with Gasteiger partial charge in [-0.1, -0.05) is 12.2 Å². The molecule has 0 saturated heterocycles. The zero-order valence-corrected chi connectivity index (χ0v) is 44.2. The predicted molar refractivity (Wildman–Crippen MR) is 285 cm³/mol. The topological polar surface area (TPSA) is 341 Å². The molecule has 0 saturated carbocycles. The molecule has 7 rings (SSSR count). The van der Waals surface area contributed by atoms with Crippen LogP contribution in [-0.2, 0) is 45.4 Å². The number of allylic oxidation sites excluding steroid dienone is 2. The number of hydrogen-bond acceptors (Lipinski definition) is 17. The summed E-state index contributed by atoms with van der Waals surface area (Å²) in [4.78, 5) is 109. The van der Waals surface area contributed by atoms with Crippen LogP contribution in [0.1, 0.15) is 79.8 Å². The second kappa shape index (κ2) is 27.5. The molecule has 2 aromatic carbocycles. The Morgan fingerprint density at radius 1 is 0.831 bits per heavy atom. The van der Waals surface area contributed by atoms with Crippen LogP contribution in [0.15, 0.2) is 60.7 Å². The van der Waals surface area contributed by atoms with Gasteiger partial charge in [-0.3, -0.25) is 57.9 Å². The van der Waals surface area contributed by atoms with Crippen LogP contribution in [0, 0.1) is 13.8 Å². The number of nitrogens with zero attached hydrogens (tertiary/aromatic N) is 10. The molecule has 26 heteroatoms. The van der Waals surface area contributed by atoms with E-state index < -0.39 is 48.1 Å². The molecule has 5 heterocycles. The number of hydrogen-bond donors (Lipinski definition) is 6. The summed E-state index contributed by atoms with van der Waals surface area (Å²) in [6.07, 6.45) is 7.52. The molecule has 1 aliphatic rings. The number of aliphatic hydroxyl groups excluding tert-OH is 1. The summed E-state index contributed by atoms with van der Waals surface area (Å²) in [5.41, 5.74) is 15.1. The van der Waals surface area contributed by atoms with Crippen LogP contribution < -0.4 is 36.9 Å². The van der Waals surface area contributed by atoms with E-state index in [-0.39, 0.29) is 50.7 Å². The first-order valence-electron chi connectivity index (χ1n) is 24.4. The lowest BCUT2D eigenvalue weighted by Gasteiger charge is -2.24. The van der Waals surface area contributed by atoms with Gasteiger partial charge >= 0.3 is 0 Å². The van der Waals surface area contributed by atoms with Gasteiger partial charge in [-0.2, -0.15) is 10.2 Å². The Morgan fingerprint density at radius 3 is 2.03 bits per heavy atom. The predicted octanol–water partition coefficient (Wildman–Crippen LogP) is 2.00. The standard InChI is InChI=1S/C43H50N12O10.C7H10N2O.CH5N/c1-6-55-31(18-25(2)50-55)40(62)49-43-48-29-21-27(39(44)61)22-32(64-5)37(29)54(43)15-8-7-14-53-38-28(47-42(53)45-3)19-26(23-56)20-33(38)65-17-9-13-51(4)41(63)30(24-57)46-34(58)12-16-52-35(59)10-11-36(52)60;1-3-9-7(5-10)4-6(2)8-9;1-2/h7-8,10-11,18-23,30,57H,6,9,12-17,24H2,1-5H3,(H2,44,61)(H,45,47)(H,46,58)(H,48,49,62);4-5H,3H2,1-2H3;2H2,1H3/b8-7+;;. The summed E-state index contributed by atoms with van der Waals surface area (Å²) in [5, 5.41) is 26.8. The van der Waals surface area contributed by atoms with E-state index in [1.54, 1.807) is 52.2 Å². The average Bonchev–Trinajstić information content (AvgIpc) is 4.28. The molecule has 0 bridgehead atoms. The zero-order chi connectivity index (χ0) is 56.5. The van der Waals surface area contributed by atoms with Crippen LogP contribution in [0.5, 0.6) is 11.5 Å². The number of primary amides is 1. The summed E-state index contributed by atoms with van der Waals surface area (Å²) in [7, 11) is 6.17. The van der Waals surface area contributed by atoms with Crippen LogP contribution in [0.3, 0.4) is 0 Å². The molecule has 1 aliphatic heterocycles. The number of carbonyl (C=O) groups is 8. The molecule has 26 nitrogen and oxygen atoms in total. The van der Waals surface area contributed by atoms with Crippen molar-refractivity contribution in [2.75, 3.05) is 65.2 Å². The molecule has 6 amide bonds. The van der Waals surface area contributed by atoms with Gasteiger partial charge in [0, 0.05) is 83.1 Å². The Bertz CT molecular complexity index is 3180. The van der Waals surface area contributed by atoms with Crippen molar-refractivity contribution in [3.8, 4) is 11.5 Å². The summed E-state index contributed by atoms with van der Waals surface area (Å²) < 4.78 is 18.7. The second-order valence-electron chi connectivity index (χ2n) is 17.0. The van der Waals surface area contributed by atoms with E-state index in [4.69, 9.17) is 15.2 Å². The SMILES string of the molecule is CCn1nc(C)cc1C(=O)Nc1nc2cc(C(N)=O)cc(OC)c2n1C/C=C/Cn1c(NC)nc2cc(C=O)cc(OCCCN(C)C(=O)C(CO)NC(=O)CCN3C(=O)C=CC3=O)c21.CCn1nc(C)cc1C=O.CN. The molecule has 6 aromatic rings. The van der Waals surface area contributed by atoms with Gasteiger partial charge in [-0.25, -0.2) is 9.97 Å². The number of amides is 6. The van der Waals surface area contributed by atoms with E-state index in [9.17, 15) is 43.5 Å². The number of imide groups is 1.